The third-order valence-corrected chi connectivity index (χ3v) is 5.16. The number of guanidine groups is 1. The van der Waals surface area contributed by atoms with E-state index in [2.05, 4.69) is 54.4 Å². The number of methoxy groups -OCH3 is 1. The first kappa shape index (κ1) is 25.2. The number of benzene rings is 1. The zero-order chi connectivity index (χ0) is 19.3. The molecule has 5 nitrogen and oxygen atoms in total. The van der Waals surface area contributed by atoms with Crippen LogP contribution in [0.25, 0.3) is 0 Å². The van der Waals surface area contributed by atoms with Gasteiger partial charge < -0.3 is 19.7 Å². The second-order valence-electron chi connectivity index (χ2n) is 7.28. The molecule has 1 aromatic carbocycles. The number of ether oxygens (including phenoxy) is 2. The Kier molecular flexibility index (Phi) is 13.5. The Labute approximate surface area is 188 Å². The first-order valence-corrected chi connectivity index (χ1v) is 10.4. The number of likely N-dealkylation sites (tertiary alicyclic amines) is 1. The molecule has 28 heavy (non-hydrogen) atoms. The van der Waals surface area contributed by atoms with Gasteiger partial charge in [0.2, 0.25) is 0 Å². The summed E-state index contributed by atoms with van der Waals surface area (Å²) in [7, 11) is 1.70. The van der Waals surface area contributed by atoms with Crippen LogP contribution in [0.3, 0.4) is 0 Å². The predicted octanol–water partition coefficient (Wildman–Crippen LogP) is 4.14. The zero-order valence-corrected chi connectivity index (χ0v) is 20.1. The normalized spacial score (nSPS) is 20.0. The molecular formula is C22H38IN3O2. The molecule has 0 aliphatic carbocycles. The van der Waals surface area contributed by atoms with Crippen molar-refractivity contribution >= 4 is 29.9 Å². The van der Waals surface area contributed by atoms with Crippen LogP contribution >= 0.6 is 24.0 Å². The Morgan fingerprint density at radius 3 is 2.64 bits per heavy atom. The van der Waals surface area contributed by atoms with Crippen LogP contribution in [0.4, 0.5) is 0 Å². The first-order chi connectivity index (χ1) is 13.3. The highest BCUT2D eigenvalue weighted by molar-refractivity contribution is 14.0. The lowest BCUT2D eigenvalue weighted by Gasteiger charge is -2.39. The smallest absolute Gasteiger partial charge is 0.193 e. The largest absolute Gasteiger partial charge is 0.382 e. The van der Waals surface area contributed by atoms with Crippen LogP contribution in [0.5, 0.6) is 0 Å². The van der Waals surface area contributed by atoms with Gasteiger partial charge in [0.05, 0.1) is 13.2 Å². The van der Waals surface area contributed by atoms with E-state index in [9.17, 15) is 0 Å². The highest BCUT2D eigenvalue weighted by Crippen LogP contribution is 2.32. The standard InChI is InChI=1S/C22H37N3O2.HI/c1-4-23-22(24-13-8-9-15-27-17-16-26-3)25-14-12-21(19(2)18-25)20-10-6-5-7-11-20;/h5-7,10-11,19,21H,4,8-9,12-18H2,1-3H3,(H,23,24);1H. The molecule has 0 aromatic heterocycles. The first-order valence-electron chi connectivity index (χ1n) is 10.4. The topological polar surface area (TPSA) is 46.1 Å². The molecule has 0 radical (unpaired) electrons. The van der Waals surface area contributed by atoms with Gasteiger partial charge in [0.15, 0.2) is 5.96 Å². The number of aliphatic imine (C=N–C) groups is 1. The minimum Gasteiger partial charge on any atom is -0.382 e. The summed E-state index contributed by atoms with van der Waals surface area (Å²) in [5, 5.41) is 3.47. The molecule has 6 heteroatoms. The van der Waals surface area contributed by atoms with Gasteiger partial charge in [0.25, 0.3) is 0 Å². The molecule has 1 N–H and O–H groups in total. The number of hydrogen-bond donors (Lipinski definition) is 1. The minimum absolute atomic E-state index is 0. The summed E-state index contributed by atoms with van der Waals surface area (Å²) in [6, 6.07) is 10.9. The van der Waals surface area contributed by atoms with Crippen molar-refractivity contribution in [2.24, 2.45) is 10.9 Å². The average molecular weight is 503 g/mol. The maximum Gasteiger partial charge on any atom is 0.193 e. The molecule has 1 aliphatic heterocycles. The van der Waals surface area contributed by atoms with E-state index >= 15 is 0 Å². The van der Waals surface area contributed by atoms with Crippen LogP contribution < -0.4 is 5.32 Å². The van der Waals surface area contributed by atoms with Crippen LogP contribution in [-0.4, -0.2) is 64.0 Å². The molecule has 2 rings (SSSR count). The van der Waals surface area contributed by atoms with E-state index in [1.807, 2.05) is 0 Å². The van der Waals surface area contributed by atoms with Crippen molar-refractivity contribution in [2.45, 2.75) is 39.0 Å². The van der Waals surface area contributed by atoms with E-state index in [1.54, 1.807) is 7.11 Å². The summed E-state index contributed by atoms with van der Waals surface area (Å²) in [6.07, 6.45) is 3.28. The van der Waals surface area contributed by atoms with E-state index < -0.39 is 0 Å². The average Bonchev–Trinajstić information content (AvgIpc) is 2.69. The number of hydrogen-bond acceptors (Lipinski definition) is 3. The summed E-state index contributed by atoms with van der Waals surface area (Å²) < 4.78 is 10.5. The molecule has 2 unspecified atom stereocenters. The Balaban J connectivity index is 0.00000392. The molecule has 0 bridgehead atoms. The van der Waals surface area contributed by atoms with E-state index in [-0.39, 0.29) is 24.0 Å². The Hall–Kier alpha value is -0.860. The number of halogens is 1. The van der Waals surface area contributed by atoms with Gasteiger partial charge in [-0.05, 0) is 43.6 Å². The van der Waals surface area contributed by atoms with E-state index in [1.165, 1.54) is 12.0 Å². The summed E-state index contributed by atoms with van der Waals surface area (Å²) in [5.41, 5.74) is 1.47. The molecule has 0 saturated carbocycles. The quantitative estimate of drug-likeness (QED) is 0.226. The summed E-state index contributed by atoms with van der Waals surface area (Å²) >= 11 is 0. The van der Waals surface area contributed by atoms with Crippen molar-refractivity contribution in [2.75, 3.05) is 53.1 Å². The highest BCUT2D eigenvalue weighted by atomic mass is 127. The molecule has 1 fully saturated rings. The Morgan fingerprint density at radius 2 is 1.96 bits per heavy atom. The van der Waals surface area contributed by atoms with Crippen LogP contribution in [0.15, 0.2) is 35.3 Å². The number of piperidine rings is 1. The van der Waals surface area contributed by atoms with Gasteiger partial charge in [-0.2, -0.15) is 0 Å². The lowest BCUT2D eigenvalue weighted by Crippen LogP contribution is -2.48. The molecule has 1 aromatic rings. The van der Waals surface area contributed by atoms with Crippen molar-refractivity contribution in [3.63, 3.8) is 0 Å². The summed E-state index contributed by atoms with van der Waals surface area (Å²) in [6.45, 7) is 10.5. The molecular weight excluding hydrogens is 465 g/mol. The predicted molar refractivity (Wildman–Crippen MR) is 128 cm³/mol. The van der Waals surface area contributed by atoms with Gasteiger partial charge in [-0.3, -0.25) is 4.99 Å². The fourth-order valence-corrected chi connectivity index (χ4v) is 3.70. The fourth-order valence-electron chi connectivity index (χ4n) is 3.70. The van der Waals surface area contributed by atoms with Crippen molar-refractivity contribution in [1.29, 1.82) is 0 Å². The molecule has 160 valence electrons. The van der Waals surface area contributed by atoms with Crippen LogP contribution in [0.1, 0.15) is 44.6 Å². The highest BCUT2D eigenvalue weighted by Gasteiger charge is 2.28. The van der Waals surface area contributed by atoms with Crippen LogP contribution in [0.2, 0.25) is 0 Å². The van der Waals surface area contributed by atoms with Crippen molar-refractivity contribution in [3.8, 4) is 0 Å². The van der Waals surface area contributed by atoms with Gasteiger partial charge >= 0.3 is 0 Å². The third-order valence-electron chi connectivity index (χ3n) is 5.16. The van der Waals surface area contributed by atoms with Gasteiger partial charge in [0.1, 0.15) is 0 Å². The fraction of sp³-hybridized carbons (Fsp3) is 0.682. The molecule has 1 aliphatic rings. The lowest BCUT2D eigenvalue weighted by molar-refractivity contribution is 0.0690. The maximum atomic E-state index is 5.51. The van der Waals surface area contributed by atoms with E-state index in [0.29, 0.717) is 25.0 Å². The van der Waals surface area contributed by atoms with Gasteiger partial charge in [-0.25, -0.2) is 0 Å². The zero-order valence-electron chi connectivity index (χ0n) is 17.7. The summed E-state index contributed by atoms with van der Waals surface area (Å²) in [5.74, 6) is 2.34. The van der Waals surface area contributed by atoms with Gasteiger partial charge in [-0.1, -0.05) is 37.3 Å². The Morgan fingerprint density at radius 1 is 1.18 bits per heavy atom. The number of nitrogens with zero attached hydrogens (tertiary/aromatic N) is 2. The Bertz CT molecular complexity index is 542. The second-order valence-corrected chi connectivity index (χ2v) is 7.28. The monoisotopic (exact) mass is 503 g/mol. The summed E-state index contributed by atoms with van der Waals surface area (Å²) in [4.78, 5) is 7.29. The molecule has 0 spiro atoms. The number of rotatable bonds is 10. The second kappa shape index (κ2) is 15.0. The maximum absolute atomic E-state index is 5.51. The van der Waals surface area contributed by atoms with E-state index in [0.717, 1.165) is 51.6 Å². The van der Waals surface area contributed by atoms with Crippen molar-refractivity contribution < 1.29 is 9.47 Å². The van der Waals surface area contributed by atoms with Crippen molar-refractivity contribution in [3.05, 3.63) is 35.9 Å². The molecule has 1 heterocycles. The SMILES string of the molecule is CCNC(=NCCCCOCCOC)N1CCC(c2ccccc2)C(C)C1.I. The molecule has 0 amide bonds. The third kappa shape index (κ3) is 8.66. The van der Waals surface area contributed by atoms with Gasteiger partial charge in [0, 0.05) is 39.9 Å². The molecule has 2 atom stereocenters. The van der Waals surface area contributed by atoms with Crippen LogP contribution in [-0.2, 0) is 9.47 Å². The lowest BCUT2D eigenvalue weighted by atomic mass is 9.82. The van der Waals surface area contributed by atoms with E-state index in [4.69, 9.17) is 14.5 Å². The minimum atomic E-state index is 0. The van der Waals surface area contributed by atoms with Crippen LogP contribution in [0, 0.1) is 5.92 Å². The number of nitrogens with one attached hydrogen (secondary N) is 1. The number of unbranched alkanes of at least 4 members (excludes halogenated alkanes) is 1. The van der Waals surface area contributed by atoms with Gasteiger partial charge in [-0.15, -0.1) is 24.0 Å². The van der Waals surface area contributed by atoms with Crippen molar-refractivity contribution in [1.82, 2.24) is 10.2 Å². The molecule has 1 saturated heterocycles.